The molecule has 1 aliphatic carbocycles. The van der Waals surface area contributed by atoms with Crippen molar-refractivity contribution in [2.75, 3.05) is 12.9 Å². The van der Waals surface area contributed by atoms with E-state index in [0.717, 1.165) is 18.7 Å². The molecule has 2 aromatic heterocycles. The summed E-state index contributed by atoms with van der Waals surface area (Å²) in [6.07, 6.45) is 3.54. The Hall–Kier alpha value is -2.88. The molecule has 1 saturated carbocycles. The van der Waals surface area contributed by atoms with Crippen molar-refractivity contribution in [3.63, 3.8) is 0 Å². The molecule has 0 saturated heterocycles. The van der Waals surface area contributed by atoms with E-state index in [0.29, 0.717) is 59.1 Å². The summed E-state index contributed by atoms with van der Waals surface area (Å²) in [7, 11) is -4.88. The number of aliphatic hydroxyl groups excluding tert-OH is 1. The van der Waals surface area contributed by atoms with E-state index < -0.39 is 23.8 Å². The molecule has 14 heteroatoms. The zero-order chi connectivity index (χ0) is 31.8. The predicted molar refractivity (Wildman–Crippen MR) is 174 cm³/mol. The lowest BCUT2D eigenvalue weighted by atomic mass is 10.0. The number of aliphatic hydroxyl groups is 1. The Morgan fingerprint density at radius 2 is 1.91 bits per heavy atom. The van der Waals surface area contributed by atoms with Crippen molar-refractivity contribution in [2.24, 2.45) is 5.92 Å². The summed E-state index contributed by atoms with van der Waals surface area (Å²) in [6, 6.07) is 9.15. The van der Waals surface area contributed by atoms with Crippen molar-refractivity contribution in [3.8, 4) is 17.0 Å². The summed E-state index contributed by atoms with van der Waals surface area (Å²) in [5.41, 5.74) is 0.967. The van der Waals surface area contributed by atoms with Gasteiger partial charge < -0.3 is 14.9 Å². The average molecular weight is 662 g/mol. The number of nitrogens with zero attached hydrogens (tertiary/aromatic N) is 3. The maximum absolute atomic E-state index is 14.0. The lowest BCUT2D eigenvalue weighted by molar-refractivity contribution is 0.0878. The summed E-state index contributed by atoms with van der Waals surface area (Å²) in [5, 5.41) is 21.0. The van der Waals surface area contributed by atoms with Gasteiger partial charge >= 0.3 is 0 Å². The molecule has 0 unspecified atom stereocenters. The second kappa shape index (κ2) is 12.8. The Morgan fingerprint density at radius 1 is 1.14 bits per heavy atom. The smallest absolute Gasteiger partial charge is 0.279 e. The molecule has 11 nitrogen and oxygen atoms in total. The van der Waals surface area contributed by atoms with E-state index in [1.165, 1.54) is 22.2 Å². The zero-order valence-electron chi connectivity index (χ0n) is 25.4. The average Bonchev–Trinajstić information content (AvgIpc) is 3.52. The van der Waals surface area contributed by atoms with Crippen LogP contribution in [-0.4, -0.2) is 59.2 Å². The fourth-order valence-corrected chi connectivity index (χ4v) is 8.20. The van der Waals surface area contributed by atoms with Gasteiger partial charge in [-0.2, -0.15) is 8.42 Å². The summed E-state index contributed by atoms with van der Waals surface area (Å²) >= 11 is 1.26. The number of benzene rings is 2. The van der Waals surface area contributed by atoms with Crippen molar-refractivity contribution in [1.82, 2.24) is 13.5 Å². The molecule has 2 aromatic carbocycles. The predicted octanol–water partition coefficient (Wildman–Crippen LogP) is 4.49. The Balaban J connectivity index is 1.50. The van der Waals surface area contributed by atoms with Gasteiger partial charge in [0.1, 0.15) is 23.7 Å². The minimum Gasteiger partial charge on any atom is -0.506 e. The number of hydrogen-bond acceptors (Lipinski definition) is 10. The number of aryl methyl sites for hydroxylation is 1. The van der Waals surface area contributed by atoms with E-state index in [1.54, 1.807) is 28.2 Å². The molecule has 2 N–H and O–H groups in total. The van der Waals surface area contributed by atoms with Crippen LogP contribution in [0.2, 0.25) is 25.7 Å². The van der Waals surface area contributed by atoms with Crippen molar-refractivity contribution < 1.29 is 27.6 Å². The topological polar surface area (TPSA) is 150 Å². The minimum absolute atomic E-state index is 0.0533. The van der Waals surface area contributed by atoms with Crippen LogP contribution in [0.5, 0.6) is 5.75 Å². The summed E-state index contributed by atoms with van der Waals surface area (Å²) < 4.78 is 37.8. The molecule has 238 valence electrons. The number of phenolic OH excluding ortho intramolecular Hbond substituents is 1. The van der Waals surface area contributed by atoms with Crippen LogP contribution in [0.15, 0.2) is 39.9 Å². The van der Waals surface area contributed by atoms with Crippen LogP contribution in [0.3, 0.4) is 0 Å². The van der Waals surface area contributed by atoms with Gasteiger partial charge in [0, 0.05) is 26.8 Å². The van der Waals surface area contributed by atoms with Gasteiger partial charge in [0.2, 0.25) is 0 Å². The molecule has 1 fully saturated rings. The standard InChI is InChI=1S/C30H39N3O8S2Si/c1-43(38,39)41-21-9-8-19(14-21)10-11-33-29(36)23-7-5-6-22(28(23)42-33)26-30(37)32(18-40-12-13-44(2,3)4)24-15-20(17-34)16-25(35)27(24)31-26/h5-7,15-16,19,21,34-35H,8-14,17-18H2,1-4H3/t19-,21+/m0/s1. The molecule has 2 atom stereocenters. The van der Waals surface area contributed by atoms with E-state index in [2.05, 4.69) is 24.6 Å². The Labute approximate surface area is 261 Å². The van der Waals surface area contributed by atoms with E-state index >= 15 is 0 Å². The lowest BCUT2D eigenvalue weighted by Crippen LogP contribution is -2.27. The second-order valence-corrected chi connectivity index (χ2v) is 21.0. The van der Waals surface area contributed by atoms with Crippen molar-refractivity contribution in [2.45, 2.75) is 77.4 Å². The van der Waals surface area contributed by atoms with Crippen LogP contribution < -0.4 is 11.1 Å². The second-order valence-electron chi connectivity index (χ2n) is 12.8. The largest absolute Gasteiger partial charge is 0.506 e. The lowest BCUT2D eigenvalue weighted by Gasteiger charge is -2.17. The van der Waals surface area contributed by atoms with Crippen molar-refractivity contribution in [1.29, 1.82) is 0 Å². The molecule has 0 amide bonds. The fourth-order valence-electron chi connectivity index (χ4n) is 5.66. The van der Waals surface area contributed by atoms with Crippen LogP contribution in [0, 0.1) is 5.92 Å². The fraction of sp³-hybridized carbons (Fsp3) is 0.500. The Morgan fingerprint density at radius 3 is 2.61 bits per heavy atom. The van der Waals surface area contributed by atoms with E-state index in [4.69, 9.17) is 8.92 Å². The quantitative estimate of drug-likeness (QED) is 0.127. The van der Waals surface area contributed by atoms with Gasteiger partial charge in [-0.25, -0.2) is 4.98 Å². The molecule has 2 heterocycles. The number of phenols is 1. The number of fused-ring (bicyclic) bond motifs is 2. The molecule has 0 spiro atoms. The highest BCUT2D eigenvalue weighted by molar-refractivity contribution is 7.86. The van der Waals surface area contributed by atoms with E-state index in [-0.39, 0.29) is 47.9 Å². The molecule has 0 bridgehead atoms. The molecular formula is C30H39N3O8S2Si. The third-order valence-corrected chi connectivity index (χ3v) is 11.5. The first-order valence-corrected chi connectivity index (χ1v) is 21.0. The highest BCUT2D eigenvalue weighted by atomic mass is 32.2. The van der Waals surface area contributed by atoms with Crippen LogP contribution in [-0.2, 0) is 38.9 Å². The van der Waals surface area contributed by atoms with Crippen LogP contribution in [0.25, 0.3) is 32.4 Å². The van der Waals surface area contributed by atoms with Crippen LogP contribution >= 0.6 is 11.5 Å². The molecular weight excluding hydrogens is 623 g/mol. The third-order valence-electron chi connectivity index (χ3n) is 7.96. The van der Waals surface area contributed by atoms with Crippen LogP contribution in [0.4, 0.5) is 0 Å². The molecule has 4 aromatic rings. The highest BCUT2D eigenvalue weighted by Crippen LogP contribution is 2.34. The van der Waals surface area contributed by atoms with Gasteiger partial charge in [-0.15, -0.1) is 0 Å². The maximum Gasteiger partial charge on any atom is 0.279 e. The normalized spacial score (nSPS) is 17.7. The first kappa shape index (κ1) is 32.5. The van der Waals surface area contributed by atoms with Crippen LogP contribution in [0.1, 0.15) is 31.2 Å². The van der Waals surface area contributed by atoms with Crippen molar-refractivity contribution >= 4 is 50.8 Å². The van der Waals surface area contributed by atoms with Gasteiger partial charge in [-0.3, -0.25) is 22.3 Å². The molecule has 0 radical (unpaired) electrons. The number of ether oxygens (including phenoxy) is 1. The highest BCUT2D eigenvalue weighted by Gasteiger charge is 2.28. The van der Waals surface area contributed by atoms with Gasteiger partial charge in [-0.1, -0.05) is 43.3 Å². The van der Waals surface area contributed by atoms with Crippen molar-refractivity contribution in [3.05, 3.63) is 56.6 Å². The summed E-state index contributed by atoms with van der Waals surface area (Å²) in [5.74, 6) is 0.0664. The molecule has 0 aliphatic heterocycles. The third kappa shape index (κ3) is 7.32. The zero-order valence-corrected chi connectivity index (χ0v) is 28.0. The monoisotopic (exact) mass is 661 g/mol. The number of aromatic nitrogens is 3. The van der Waals surface area contributed by atoms with E-state index in [1.807, 2.05) is 0 Å². The number of rotatable bonds is 12. The number of hydrogen-bond donors (Lipinski definition) is 2. The van der Waals surface area contributed by atoms with Gasteiger partial charge in [0.05, 0.1) is 34.6 Å². The van der Waals surface area contributed by atoms with E-state index in [9.17, 15) is 28.2 Å². The summed E-state index contributed by atoms with van der Waals surface area (Å²) in [4.78, 5) is 32.0. The summed E-state index contributed by atoms with van der Waals surface area (Å²) in [6.45, 7) is 7.29. The van der Waals surface area contributed by atoms with Gasteiger partial charge in [0.15, 0.2) is 0 Å². The SMILES string of the molecule is C[Si](C)(C)CCOCn1c(=O)c(-c2cccc3c(=O)n(CC[C@@H]4CC[C@@H](OS(C)(=O)=O)C4)sc23)nc2c(O)cc(CO)cc21. The Bertz CT molecular complexity index is 1910. The molecule has 1 aliphatic rings. The minimum atomic E-state index is -3.51. The van der Waals surface area contributed by atoms with Gasteiger partial charge in [-0.05, 0) is 61.4 Å². The molecule has 44 heavy (non-hydrogen) atoms. The maximum atomic E-state index is 14.0. The first-order chi connectivity index (χ1) is 20.7. The first-order valence-electron chi connectivity index (χ1n) is 14.7. The number of aromatic hydroxyl groups is 1. The van der Waals surface area contributed by atoms with Gasteiger partial charge in [0.25, 0.3) is 21.2 Å². The molecule has 5 rings (SSSR count). The Kier molecular flexibility index (Phi) is 9.49.